The molecule has 15 heavy (non-hydrogen) atoms. The average Bonchev–Trinajstić information content (AvgIpc) is 2.28. The van der Waals surface area contributed by atoms with E-state index in [1.54, 1.807) is 38.4 Å². The van der Waals surface area contributed by atoms with Gasteiger partial charge in [0.05, 0.1) is 7.11 Å². The fourth-order valence-corrected chi connectivity index (χ4v) is 1.35. The normalized spacial score (nSPS) is 13.3. The van der Waals surface area contributed by atoms with E-state index in [1.165, 1.54) is 7.11 Å². The number of methoxy groups -OCH3 is 1. The van der Waals surface area contributed by atoms with E-state index in [-0.39, 0.29) is 0 Å². The minimum atomic E-state index is -1.18. The average molecular weight is 209 g/mol. The van der Waals surface area contributed by atoms with E-state index < -0.39 is 17.5 Å². The predicted octanol–water partition coefficient (Wildman–Crippen LogP) is 0.893. The first kappa shape index (κ1) is 11.7. The van der Waals surface area contributed by atoms with E-state index >= 15 is 0 Å². The molecular weight excluding hydrogens is 194 g/mol. The molecule has 0 aliphatic heterocycles. The van der Waals surface area contributed by atoms with Crippen LogP contribution in [0, 0.1) is 0 Å². The highest BCUT2D eigenvalue weighted by Crippen LogP contribution is 2.27. The van der Waals surface area contributed by atoms with Gasteiger partial charge >= 0.3 is 5.97 Å². The molecule has 0 radical (unpaired) electrons. The quantitative estimate of drug-likeness (QED) is 0.751. The zero-order valence-corrected chi connectivity index (χ0v) is 9.10. The maximum atomic E-state index is 11.2. The van der Waals surface area contributed by atoms with Gasteiger partial charge in [0.25, 0.3) is 0 Å². The Labute approximate surface area is 88.9 Å². The minimum Gasteiger partial charge on any atom is -0.467 e. The van der Waals surface area contributed by atoms with Gasteiger partial charge in [-0.2, -0.15) is 0 Å². The lowest BCUT2D eigenvalue weighted by Gasteiger charge is -2.28. The van der Waals surface area contributed by atoms with Gasteiger partial charge in [0.1, 0.15) is 0 Å². The highest BCUT2D eigenvalue weighted by atomic mass is 16.5. The molecule has 1 unspecified atom stereocenters. The van der Waals surface area contributed by atoms with Crippen molar-refractivity contribution in [3.63, 3.8) is 0 Å². The number of hydrogen-bond acceptors (Lipinski definition) is 4. The Kier molecular flexibility index (Phi) is 3.42. The number of aromatic nitrogens is 1. The summed E-state index contributed by atoms with van der Waals surface area (Å²) in [5.74, 6) is -0.628. The van der Waals surface area contributed by atoms with E-state index in [0.29, 0.717) is 0 Å². The molecule has 82 valence electrons. The van der Waals surface area contributed by atoms with Crippen molar-refractivity contribution in [2.45, 2.75) is 25.4 Å². The molecule has 1 rings (SSSR count). The van der Waals surface area contributed by atoms with Crippen LogP contribution < -0.4 is 0 Å². The van der Waals surface area contributed by atoms with Gasteiger partial charge in [-0.05, 0) is 17.7 Å². The van der Waals surface area contributed by atoms with Gasteiger partial charge in [0.15, 0.2) is 6.10 Å². The largest absolute Gasteiger partial charge is 0.467 e. The molecule has 0 amide bonds. The number of ether oxygens (including phenoxy) is 1. The predicted molar refractivity (Wildman–Crippen MR) is 55.3 cm³/mol. The number of carbonyl (C=O) groups is 1. The Morgan fingerprint density at radius 1 is 1.47 bits per heavy atom. The monoisotopic (exact) mass is 209 g/mol. The first-order valence-corrected chi connectivity index (χ1v) is 4.66. The number of pyridine rings is 1. The zero-order chi connectivity index (χ0) is 11.5. The summed E-state index contributed by atoms with van der Waals surface area (Å²) < 4.78 is 4.52. The summed E-state index contributed by atoms with van der Waals surface area (Å²) in [6.07, 6.45) is 2.08. The fourth-order valence-electron chi connectivity index (χ4n) is 1.35. The van der Waals surface area contributed by atoms with Crippen LogP contribution in [0.5, 0.6) is 0 Å². The van der Waals surface area contributed by atoms with Crippen molar-refractivity contribution >= 4 is 5.97 Å². The first-order valence-electron chi connectivity index (χ1n) is 4.66. The molecule has 1 aromatic heterocycles. The first-order chi connectivity index (χ1) is 7.00. The molecule has 0 aliphatic carbocycles. The maximum Gasteiger partial charge on any atom is 0.335 e. The van der Waals surface area contributed by atoms with Crippen LogP contribution >= 0.6 is 0 Å². The van der Waals surface area contributed by atoms with Gasteiger partial charge in [0, 0.05) is 17.8 Å². The van der Waals surface area contributed by atoms with Crippen molar-refractivity contribution in [2.75, 3.05) is 7.11 Å². The second kappa shape index (κ2) is 4.40. The standard InChI is InChI=1S/C11H15NO3/c1-11(2,9(13)10(14)15-3)8-4-6-12-7-5-8/h4-7,9,13H,1-3H3. The Morgan fingerprint density at radius 3 is 2.47 bits per heavy atom. The molecule has 4 nitrogen and oxygen atoms in total. The summed E-state index contributed by atoms with van der Waals surface area (Å²) in [6, 6.07) is 3.54. The van der Waals surface area contributed by atoms with Crippen molar-refractivity contribution in [3.8, 4) is 0 Å². The molecule has 0 bridgehead atoms. The zero-order valence-electron chi connectivity index (χ0n) is 9.10. The van der Waals surface area contributed by atoms with Gasteiger partial charge in [-0.15, -0.1) is 0 Å². The van der Waals surface area contributed by atoms with E-state index in [1.807, 2.05) is 0 Å². The number of esters is 1. The van der Waals surface area contributed by atoms with E-state index in [9.17, 15) is 9.90 Å². The molecule has 0 aromatic carbocycles. The van der Waals surface area contributed by atoms with E-state index in [2.05, 4.69) is 9.72 Å². The van der Waals surface area contributed by atoms with Crippen LogP contribution in [0.2, 0.25) is 0 Å². The third-order valence-electron chi connectivity index (χ3n) is 2.53. The number of nitrogens with zero attached hydrogens (tertiary/aromatic N) is 1. The van der Waals surface area contributed by atoms with E-state index in [4.69, 9.17) is 0 Å². The van der Waals surface area contributed by atoms with Gasteiger partial charge in [-0.1, -0.05) is 13.8 Å². The number of aliphatic hydroxyl groups excluding tert-OH is 1. The molecule has 1 N–H and O–H groups in total. The van der Waals surface area contributed by atoms with Crippen molar-refractivity contribution in [1.82, 2.24) is 4.98 Å². The number of aliphatic hydroxyl groups is 1. The van der Waals surface area contributed by atoms with Crippen molar-refractivity contribution in [2.24, 2.45) is 0 Å². The third kappa shape index (κ3) is 2.33. The van der Waals surface area contributed by atoms with Crippen molar-refractivity contribution in [3.05, 3.63) is 30.1 Å². The van der Waals surface area contributed by atoms with Gasteiger partial charge in [-0.3, -0.25) is 4.98 Å². The molecule has 0 fully saturated rings. The molecule has 1 aromatic rings. The van der Waals surface area contributed by atoms with Gasteiger partial charge in [-0.25, -0.2) is 4.79 Å². The van der Waals surface area contributed by atoms with Crippen LogP contribution in [0.15, 0.2) is 24.5 Å². The van der Waals surface area contributed by atoms with Crippen molar-refractivity contribution < 1.29 is 14.6 Å². The third-order valence-corrected chi connectivity index (χ3v) is 2.53. The SMILES string of the molecule is COC(=O)C(O)C(C)(C)c1ccncc1. The van der Waals surface area contributed by atoms with Gasteiger partial charge < -0.3 is 9.84 Å². The molecule has 4 heteroatoms. The molecule has 1 heterocycles. The van der Waals surface area contributed by atoms with Crippen LogP contribution in [0.3, 0.4) is 0 Å². The Bertz CT molecular complexity index is 335. The molecule has 0 saturated carbocycles. The molecule has 0 aliphatic rings. The fraction of sp³-hybridized carbons (Fsp3) is 0.455. The molecular formula is C11H15NO3. The number of carbonyl (C=O) groups excluding carboxylic acids is 1. The smallest absolute Gasteiger partial charge is 0.335 e. The molecule has 0 saturated heterocycles. The van der Waals surface area contributed by atoms with Crippen LogP contribution in [0.4, 0.5) is 0 Å². The maximum absolute atomic E-state index is 11.2. The van der Waals surface area contributed by atoms with Crippen molar-refractivity contribution in [1.29, 1.82) is 0 Å². The lowest BCUT2D eigenvalue weighted by molar-refractivity contribution is -0.153. The Morgan fingerprint density at radius 2 is 2.00 bits per heavy atom. The highest BCUT2D eigenvalue weighted by molar-refractivity contribution is 5.76. The summed E-state index contributed by atoms with van der Waals surface area (Å²) in [4.78, 5) is 15.1. The van der Waals surface area contributed by atoms with Crippen LogP contribution in [0.25, 0.3) is 0 Å². The van der Waals surface area contributed by atoms with Crippen LogP contribution in [0.1, 0.15) is 19.4 Å². The summed E-state index contributed by atoms with van der Waals surface area (Å²) in [6.45, 7) is 3.56. The lowest BCUT2D eigenvalue weighted by atomic mass is 9.80. The lowest BCUT2D eigenvalue weighted by Crippen LogP contribution is -2.40. The summed E-state index contributed by atoms with van der Waals surface area (Å²) in [5.41, 5.74) is 0.158. The number of rotatable bonds is 3. The van der Waals surface area contributed by atoms with Gasteiger partial charge in [0.2, 0.25) is 0 Å². The minimum absolute atomic E-state index is 0.628. The Hall–Kier alpha value is -1.42. The molecule has 0 spiro atoms. The van der Waals surface area contributed by atoms with Crippen LogP contribution in [-0.4, -0.2) is 29.3 Å². The Balaban J connectivity index is 2.97. The van der Waals surface area contributed by atoms with E-state index in [0.717, 1.165) is 5.56 Å². The molecule has 1 atom stereocenters. The summed E-state index contributed by atoms with van der Waals surface area (Å²) in [5, 5.41) is 9.80. The topological polar surface area (TPSA) is 59.4 Å². The number of hydrogen-bond donors (Lipinski definition) is 1. The summed E-state index contributed by atoms with van der Waals surface area (Å²) >= 11 is 0. The highest BCUT2D eigenvalue weighted by Gasteiger charge is 2.35. The van der Waals surface area contributed by atoms with Crippen LogP contribution in [-0.2, 0) is 14.9 Å². The second-order valence-electron chi connectivity index (χ2n) is 3.88. The second-order valence-corrected chi connectivity index (χ2v) is 3.88. The summed E-state index contributed by atoms with van der Waals surface area (Å²) in [7, 11) is 1.26.